The minimum absolute atomic E-state index is 0.0772. The van der Waals surface area contributed by atoms with Crippen molar-refractivity contribution in [3.63, 3.8) is 0 Å². The number of hydrogen-bond acceptors (Lipinski definition) is 6. The molecule has 0 unspecified atom stereocenters. The van der Waals surface area contributed by atoms with E-state index in [1.54, 1.807) is 13.8 Å². The zero-order valence-electron chi connectivity index (χ0n) is 15.2. The summed E-state index contributed by atoms with van der Waals surface area (Å²) in [5.74, 6) is 0.310. The minimum atomic E-state index is -4.59. The second-order valence-electron chi connectivity index (χ2n) is 5.72. The van der Waals surface area contributed by atoms with E-state index in [1.807, 2.05) is 0 Å². The van der Waals surface area contributed by atoms with Gasteiger partial charge in [0.15, 0.2) is 5.82 Å². The van der Waals surface area contributed by atoms with Gasteiger partial charge in [-0.1, -0.05) is 17.3 Å². The standard InChI is InChI=1S/C17H19F3N4O3S/c1-3-24(16(26)10-28-9-14-21-11(2)27-23-14)8-15(25)22-13-7-5-4-6-12(13)17(18,19)20/h4-7H,3,8-10H2,1-2H3,(H,22,25). The summed E-state index contributed by atoms with van der Waals surface area (Å²) in [6.45, 7) is 3.24. The lowest BCUT2D eigenvalue weighted by atomic mass is 10.1. The van der Waals surface area contributed by atoms with Crippen LogP contribution in [0.5, 0.6) is 0 Å². The molecule has 1 aromatic heterocycles. The number of rotatable bonds is 8. The largest absolute Gasteiger partial charge is 0.418 e. The Morgan fingerprint density at radius 3 is 2.61 bits per heavy atom. The Kier molecular flexibility index (Phi) is 7.44. The zero-order chi connectivity index (χ0) is 20.7. The number of alkyl halides is 3. The molecule has 2 aromatic rings. The van der Waals surface area contributed by atoms with Gasteiger partial charge in [-0.15, -0.1) is 11.8 Å². The predicted molar refractivity (Wildman–Crippen MR) is 97.5 cm³/mol. The van der Waals surface area contributed by atoms with E-state index in [0.29, 0.717) is 17.5 Å². The van der Waals surface area contributed by atoms with E-state index >= 15 is 0 Å². The highest BCUT2D eigenvalue weighted by atomic mass is 32.2. The summed E-state index contributed by atoms with van der Waals surface area (Å²) in [6, 6.07) is 4.68. The van der Waals surface area contributed by atoms with E-state index in [1.165, 1.54) is 34.9 Å². The van der Waals surface area contributed by atoms with Crippen LogP contribution in [0, 0.1) is 6.92 Å². The third-order valence-electron chi connectivity index (χ3n) is 3.60. The summed E-state index contributed by atoms with van der Waals surface area (Å²) in [4.78, 5) is 29.7. The number of para-hydroxylation sites is 1. The number of nitrogens with one attached hydrogen (secondary N) is 1. The highest BCUT2D eigenvalue weighted by Gasteiger charge is 2.33. The first kappa shape index (κ1) is 21.7. The fraction of sp³-hybridized carbons (Fsp3) is 0.412. The number of thioether (sulfide) groups is 1. The van der Waals surface area contributed by atoms with Crippen LogP contribution in [0.4, 0.5) is 18.9 Å². The summed E-state index contributed by atoms with van der Waals surface area (Å²) < 4.78 is 43.8. The number of aryl methyl sites for hydroxylation is 1. The van der Waals surface area contributed by atoms with Crippen LogP contribution in [0.15, 0.2) is 28.8 Å². The maximum absolute atomic E-state index is 13.0. The van der Waals surface area contributed by atoms with Crippen LogP contribution in [0.25, 0.3) is 0 Å². The Morgan fingerprint density at radius 1 is 1.29 bits per heavy atom. The number of aromatic nitrogens is 2. The Balaban J connectivity index is 1.89. The molecule has 0 radical (unpaired) electrons. The Hall–Kier alpha value is -2.56. The van der Waals surface area contributed by atoms with Crippen molar-refractivity contribution in [2.75, 3.05) is 24.2 Å². The molecule has 28 heavy (non-hydrogen) atoms. The molecule has 1 aromatic carbocycles. The highest BCUT2D eigenvalue weighted by Crippen LogP contribution is 2.34. The van der Waals surface area contributed by atoms with E-state index in [9.17, 15) is 22.8 Å². The van der Waals surface area contributed by atoms with Gasteiger partial charge in [0.25, 0.3) is 0 Å². The van der Waals surface area contributed by atoms with E-state index in [0.717, 1.165) is 6.07 Å². The Bertz CT molecular complexity index is 826. The molecule has 0 aliphatic heterocycles. The molecular formula is C17H19F3N4O3S. The lowest BCUT2D eigenvalue weighted by Gasteiger charge is -2.21. The molecule has 11 heteroatoms. The molecular weight excluding hydrogens is 397 g/mol. The molecule has 0 aliphatic carbocycles. The van der Waals surface area contributed by atoms with E-state index in [2.05, 4.69) is 15.5 Å². The molecule has 0 spiro atoms. The molecule has 7 nitrogen and oxygen atoms in total. The monoisotopic (exact) mass is 416 g/mol. The summed E-state index contributed by atoms with van der Waals surface area (Å²) in [5, 5.41) is 5.94. The molecule has 0 saturated heterocycles. The molecule has 0 atom stereocenters. The number of amides is 2. The number of hydrogen-bond donors (Lipinski definition) is 1. The molecule has 1 N–H and O–H groups in total. The van der Waals surface area contributed by atoms with Crippen LogP contribution < -0.4 is 5.32 Å². The van der Waals surface area contributed by atoms with E-state index < -0.39 is 17.6 Å². The van der Waals surface area contributed by atoms with Gasteiger partial charge in [-0.2, -0.15) is 18.2 Å². The molecule has 2 rings (SSSR count). The van der Waals surface area contributed by atoms with Crippen molar-refractivity contribution in [2.45, 2.75) is 25.8 Å². The van der Waals surface area contributed by atoms with Gasteiger partial charge >= 0.3 is 6.18 Å². The van der Waals surface area contributed by atoms with Crippen molar-refractivity contribution in [1.29, 1.82) is 0 Å². The first-order valence-electron chi connectivity index (χ1n) is 8.31. The van der Waals surface area contributed by atoms with Crippen molar-refractivity contribution >= 4 is 29.3 Å². The average Bonchev–Trinajstić information content (AvgIpc) is 3.04. The fourth-order valence-electron chi connectivity index (χ4n) is 2.30. The number of halogens is 3. The summed E-state index contributed by atoms with van der Waals surface area (Å²) in [7, 11) is 0. The second-order valence-corrected chi connectivity index (χ2v) is 6.71. The predicted octanol–water partition coefficient (Wildman–Crippen LogP) is 3.12. The van der Waals surface area contributed by atoms with Crippen LogP contribution in [0.2, 0.25) is 0 Å². The quantitative estimate of drug-likeness (QED) is 0.711. The first-order valence-corrected chi connectivity index (χ1v) is 9.47. The third kappa shape index (κ3) is 6.25. The van der Waals surface area contributed by atoms with Crippen LogP contribution in [0.1, 0.15) is 24.2 Å². The second kappa shape index (κ2) is 9.58. The van der Waals surface area contributed by atoms with Crippen LogP contribution in [-0.4, -0.2) is 45.7 Å². The average molecular weight is 416 g/mol. The summed E-state index contributed by atoms with van der Waals surface area (Å²) >= 11 is 1.25. The third-order valence-corrected chi connectivity index (χ3v) is 4.52. The number of carbonyl (C=O) groups excluding carboxylic acids is 2. The lowest BCUT2D eigenvalue weighted by molar-refractivity contribution is -0.137. The van der Waals surface area contributed by atoms with Gasteiger partial charge in [0, 0.05) is 13.5 Å². The molecule has 0 fully saturated rings. The highest BCUT2D eigenvalue weighted by molar-refractivity contribution is 7.99. The van der Waals surface area contributed by atoms with Gasteiger partial charge in [-0.25, -0.2) is 0 Å². The van der Waals surface area contributed by atoms with Crippen molar-refractivity contribution in [3.8, 4) is 0 Å². The maximum atomic E-state index is 13.0. The zero-order valence-corrected chi connectivity index (χ0v) is 16.1. The Labute approximate surface area is 163 Å². The summed E-state index contributed by atoms with van der Waals surface area (Å²) in [5.41, 5.74) is -1.28. The fourth-order valence-corrected chi connectivity index (χ4v) is 3.06. The van der Waals surface area contributed by atoms with E-state index in [-0.39, 0.29) is 30.4 Å². The summed E-state index contributed by atoms with van der Waals surface area (Å²) in [6.07, 6.45) is -4.59. The van der Waals surface area contributed by atoms with Crippen LogP contribution in [0.3, 0.4) is 0 Å². The van der Waals surface area contributed by atoms with Crippen molar-refractivity contribution in [3.05, 3.63) is 41.5 Å². The van der Waals surface area contributed by atoms with Gasteiger partial charge in [0.05, 0.1) is 29.3 Å². The number of carbonyl (C=O) groups is 2. The van der Waals surface area contributed by atoms with E-state index in [4.69, 9.17) is 4.52 Å². The molecule has 0 aliphatic rings. The first-order chi connectivity index (χ1) is 13.2. The molecule has 1 heterocycles. The molecule has 0 saturated carbocycles. The van der Waals surface area contributed by atoms with Crippen LogP contribution >= 0.6 is 11.8 Å². The topological polar surface area (TPSA) is 88.3 Å². The van der Waals surface area contributed by atoms with Crippen LogP contribution in [-0.2, 0) is 21.5 Å². The minimum Gasteiger partial charge on any atom is -0.340 e. The number of likely N-dealkylation sites (N-methyl/N-ethyl adjacent to an activating group) is 1. The van der Waals surface area contributed by atoms with Gasteiger partial charge in [-0.3, -0.25) is 9.59 Å². The maximum Gasteiger partial charge on any atom is 0.418 e. The lowest BCUT2D eigenvalue weighted by Crippen LogP contribution is -2.39. The van der Waals surface area contributed by atoms with Gasteiger partial charge in [-0.05, 0) is 19.1 Å². The van der Waals surface area contributed by atoms with Gasteiger partial charge < -0.3 is 14.7 Å². The van der Waals surface area contributed by atoms with Crippen molar-refractivity contribution < 1.29 is 27.3 Å². The number of benzene rings is 1. The van der Waals surface area contributed by atoms with Gasteiger partial charge in [0.1, 0.15) is 0 Å². The Morgan fingerprint density at radius 2 is 2.00 bits per heavy atom. The number of anilines is 1. The van der Waals surface area contributed by atoms with Gasteiger partial charge in [0.2, 0.25) is 17.7 Å². The molecule has 2 amide bonds. The normalized spacial score (nSPS) is 11.3. The smallest absolute Gasteiger partial charge is 0.340 e. The SMILES string of the molecule is CCN(CC(=O)Nc1ccccc1C(F)(F)F)C(=O)CSCc1noc(C)n1. The van der Waals surface area contributed by atoms with Crippen molar-refractivity contribution in [1.82, 2.24) is 15.0 Å². The van der Waals surface area contributed by atoms with Crippen molar-refractivity contribution in [2.24, 2.45) is 0 Å². The number of nitrogens with zero attached hydrogens (tertiary/aromatic N) is 3. The molecule has 0 bridgehead atoms. The molecule has 152 valence electrons.